The van der Waals surface area contributed by atoms with E-state index in [1.54, 1.807) is 6.07 Å². The van der Waals surface area contributed by atoms with Crippen LogP contribution in [0.25, 0.3) is 0 Å². The third-order valence-electron chi connectivity index (χ3n) is 2.51. The minimum atomic E-state index is 0.500. The fourth-order valence-electron chi connectivity index (χ4n) is 1.54. The zero-order valence-corrected chi connectivity index (χ0v) is 13.4. The van der Waals surface area contributed by atoms with Crippen LogP contribution in [0.3, 0.4) is 0 Å². The van der Waals surface area contributed by atoms with Crippen LogP contribution in [0.15, 0.2) is 23.2 Å². The minimum absolute atomic E-state index is 0.500. The van der Waals surface area contributed by atoms with Crippen molar-refractivity contribution in [2.75, 3.05) is 26.3 Å². The third kappa shape index (κ3) is 6.46. The van der Waals surface area contributed by atoms with E-state index in [4.69, 9.17) is 27.9 Å². The summed E-state index contributed by atoms with van der Waals surface area (Å²) in [5, 5.41) is 7.64. The summed E-state index contributed by atoms with van der Waals surface area (Å²) in [6.07, 6.45) is 0. The monoisotopic (exact) mass is 317 g/mol. The molecule has 4 nitrogen and oxygen atoms in total. The van der Waals surface area contributed by atoms with Crippen molar-refractivity contribution in [3.05, 3.63) is 33.8 Å². The molecule has 0 unspecified atom stereocenters. The van der Waals surface area contributed by atoms with E-state index in [1.165, 1.54) is 0 Å². The van der Waals surface area contributed by atoms with E-state index in [0.717, 1.165) is 24.7 Å². The van der Waals surface area contributed by atoms with E-state index < -0.39 is 0 Å². The molecule has 0 saturated carbocycles. The summed E-state index contributed by atoms with van der Waals surface area (Å²) in [5.41, 5.74) is 0.943. The van der Waals surface area contributed by atoms with Gasteiger partial charge in [-0.2, -0.15) is 0 Å². The molecular formula is C14H21Cl2N3O. The molecule has 6 heteroatoms. The lowest BCUT2D eigenvalue weighted by Gasteiger charge is -2.11. The van der Waals surface area contributed by atoms with E-state index in [1.807, 2.05) is 26.0 Å². The van der Waals surface area contributed by atoms with Gasteiger partial charge in [-0.15, -0.1) is 0 Å². The summed E-state index contributed by atoms with van der Waals surface area (Å²) < 4.78 is 5.28. The fourth-order valence-corrected chi connectivity index (χ4v) is 2.01. The highest BCUT2D eigenvalue weighted by Crippen LogP contribution is 2.21. The van der Waals surface area contributed by atoms with Gasteiger partial charge in [0.25, 0.3) is 0 Å². The Hall–Kier alpha value is -0.970. The first-order valence-corrected chi connectivity index (χ1v) is 7.46. The van der Waals surface area contributed by atoms with Crippen LogP contribution in [0.1, 0.15) is 19.4 Å². The second kappa shape index (κ2) is 9.86. The number of guanidine groups is 1. The normalized spacial score (nSPS) is 11.5. The van der Waals surface area contributed by atoms with Crippen LogP contribution in [-0.4, -0.2) is 32.3 Å². The fraction of sp³-hybridized carbons (Fsp3) is 0.500. The Balaban J connectivity index is 2.56. The zero-order chi connectivity index (χ0) is 14.8. The van der Waals surface area contributed by atoms with Gasteiger partial charge in [0.2, 0.25) is 0 Å². The molecule has 1 rings (SSSR count). The Morgan fingerprint density at radius 3 is 2.70 bits per heavy atom. The summed E-state index contributed by atoms with van der Waals surface area (Å²) >= 11 is 12.0. The first kappa shape index (κ1) is 17.1. The molecular weight excluding hydrogens is 297 g/mol. The quantitative estimate of drug-likeness (QED) is 0.461. The maximum atomic E-state index is 6.12. The van der Waals surface area contributed by atoms with Crippen LogP contribution in [0.2, 0.25) is 10.0 Å². The second-order valence-electron chi connectivity index (χ2n) is 4.05. The van der Waals surface area contributed by atoms with Gasteiger partial charge in [-0.3, -0.25) is 0 Å². The number of rotatable bonds is 7. The SMILES string of the molecule is CCNC(=NCc1ccc(Cl)cc1Cl)NCCOCC. The average molecular weight is 318 g/mol. The Morgan fingerprint density at radius 1 is 1.25 bits per heavy atom. The highest BCUT2D eigenvalue weighted by atomic mass is 35.5. The van der Waals surface area contributed by atoms with Gasteiger partial charge in [0.05, 0.1) is 13.2 Å². The summed E-state index contributed by atoms with van der Waals surface area (Å²) in [4.78, 5) is 4.48. The van der Waals surface area contributed by atoms with Crippen molar-refractivity contribution < 1.29 is 4.74 Å². The minimum Gasteiger partial charge on any atom is -0.380 e. The molecule has 0 radical (unpaired) electrons. The van der Waals surface area contributed by atoms with Crippen molar-refractivity contribution >= 4 is 29.2 Å². The lowest BCUT2D eigenvalue weighted by atomic mass is 10.2. The summed E-state index contributed by atoms with van der Waals surface area (Å²) in [5.74, 6) is 0.748. The van der Waals surface area contributed by atoms with Crippen molar-refractivity contribution in [3.8, 4) is 0 Å². The van der Waals surface area contributed by atoms with Gasteiger partial charge in [0, 0.05) is 29.7 Å². The molecule has 0 bridgehead atoms. The number of nitrogens with zero attached hydrogens (tertiary/aromatic N) is 1. The van der Waals surface area contributed by atoms with Crippen LogP contribution in [0, 0.1) is 0 Å². The molecule has 1 aromatic rings. The molecule has 20 heavy (non-hydrogen) atoms. The van der Waals surface area contributed by atoms with Crippen molar-refractivity contribution in [1.82, 2.24) is 10.6 Å². The van der Waals surface area contributed by atoms with Crippen molar-refractivity contribution in [1.29, 1.82) is 0 Å². The standard InChI is InChI=1S/C14H21Cl2N3O/c1-3-17-14(18-7-8-20-4-2)19-10-11-5-6-12(15)9-13(11)16/h5-6,9H,3-4,7-8,10H2,1-2H3,(H2,17,18,19). The topological polar surface area (TPSA) is 45.7 Å². The Kier molecular flexibility index (Phi) is 8.42. The van der Waals surface area contributed by atoms with E-state index in [2.05, 4.69) is 15.6 Å². The Bertz CT molecular complexity index is 438. The summed E-state index contributed by atoms with van der Waals surface area (Å²) in [6, 6.07) is 5.43. The van der Waals surface area contributed by atoms with E-state index >= 15 is 0 Å². The van der Waals surface area contributed by atoms with Gasteiger partial charge < -0.3 is 15.4 Å². The number of hydrogen-bond donors (Lipinski definition) is 2. The molecule has 0 saturated heterocycles. The molecule has 0 aliphatic carbocycles. The molecule has 1 aromatic carbocycles. The van der Waals surface area contributed by atoms with Crippen molar-refractivity contribution in [3.63, 3.8) is 0 Å². The van der Waals surface area contributed by atoms with Crippen LogP contribution >= 0.6 is 23.2 Å². The molecule has 0 atom stereocenters. The third-order valence-corrected chi connectivity index (χ3v) is 3.10. The molecule has 2 N–H and O–H groups in total. The molecule has 0 aliphatic rings. The number of benzene rings is 1. The highest BCUT2D eigenvalue weighted by Gasteiger charge is 2.02. The first-order chi connectivity index (χ1) is 9.67. The molecule has 112 valence electrons. The molecule has 0 fully saturated rings. The van der Waals surface area contributed by atoms with E-state index in [0.29, 0.717) is 29.7 Å². The molecule has 0 aromatic heterocycles. The lowest BCUT2D eigenvalue weighted by molar-refractivity contribution is 0.152. The van der Waals surface area contributed by atoms with Gasteiger partial charge in [0.15, 0.2) is 5.96 Å². The van der Waals surface area contributed by atoms with Crippen LogP contribution in [-0.2, 0) is 11.3 Å². The maximum Gasteiger partial charge on any atom is 0.191 e. The number of hydrogen-bond acceptors (Lipinski definition) is 2. The van der Waals surface area contributed by atoms with Crippen molar-refractivity contribution in [2.24, 2.45) is 4.99 Å². The molecule has 0 heterocycles. The Morgan fingerprint density at radius 2 is 2.05 bits per heavy atom. The van der Waals surface area contributed by atoms with Crippen molar-refractivity contribution in [2.45, 2.75) is 20.4 Å². The van der Waals surface area contributed by atoms with Gasteiger partial charge in [-0.1, -0.05) is 29.3 Å². The summed E-state index contributed by atoms with van der Waals surface area (Å²) in [7, 11) is 0. The largest absolute Gasteiger partial charge is 0.380 e. The predicted molar refractivity (Wildman–Crippen MR) is 85.8 cm³/mol. The average Bonchev–Trinajstić information content (AvgIpc) is 2.42. The van der Waals surface area contributed by atoms with Crippen LogP contribution in [0.4, 0.5) is 0 Å². The number of ether oxygens (including phenoxy) is 1. The van der Waals surface area contributed by atoms with Gasteiger partial charge >= 0.3 is 0 Å². The maximum absolute atomic E-state index is 6.12. The zero-order valence-electron chi connectivity index (χ0n) is 11.9. The highest BCUT2D eigenvalue weighted by molar-refractivity contribution is 6.35. The van der Waals surface area contributed by atoms with E-state index in [-0.39, 0.29) is 0 Å². The Labute approximate surface area is 130 Å². The lowest BCUT2D eigenvalue weighted by Crippen LogP contribution is -2.39. The number of nitrogens with one attached hydrogen (secondary N) is 2. The first-order valence-electron chi connectivity index (χ1n) is 6.71. The number of aliphatic imine (C=N–C) groups is 1. The second-order valence-corrected chi connectivity index (χ2v) is 4.90. The van der Waals surface area contributed by atoms with E-state index in [9.17, 15) is 0 Å². The number of halogens is 2. The van der Waals surface area contributed by atoms with Gasteiger partial charge in [0.1, 0.15) is 0 Å². The van der Waals surface area contributed by atoms with Gasteiger partial charge in [-0.25, -0.2) is 4.99 Å². The smallest absolute Gasteiger partial charge is 0.191 e. The van der Waals surface area contributed by atoms with Gasteiger partial charge in [-0.05, 0) is 31.5 Å². The van der Waals surface area contributed by atoms with Crippen LogP contribution in [0.5, 0.6) is 0 Å². The molecule has 0 aliphatic heterocycles. The molecule has 0 spiro atoms. The molecule has 0 amide bonds. The predicted octanol–water partition coefficient (Wildman–Crippen LogP) is 3.09. The van der Waals surface area contributed by atoms with Crippen LogP contribution < -0.4 is 10.6 Å². The summed E-state index contributed by atoms with van der Waals surface area (Å²) in [6.45, 7) is 7.39.